The largest absolute Gasteiger partial charge is 0.384 e. The van der Waals surface area contributed by atoms with Gasteiger partial charge in [-0.1, -0.05) is 30.3 Å². The molecule has 2 heterocycles. The molecule has 4 nitrogen and oxygen atoms in total. The standard InChI is InChI=1S/C15H14N4S/c16-13-8-14(17-9-11-6-7-20-10-11)19-15(18-13)12-4-2-1-3-5-12/h1-8,10H,9H2,(H3,16,17,18,19). The van der Waals surface area contributed by atoms with Crippen LogP contribution in [0.15, 0.2) is 53.2 Å². The van der Waals surface area contributed by atoms with Gasteiger partial charge in [-0.15, -0.1) is 0 Å². The van der Waals surface area contributed by atoms with Gasteiger partial charge in [-0.2, -0.15) is 11.3 Å². The lowest BCUT2D eigenvalue weighted by Gasteiger charge is -2.07. The van der Waals surface area contributed by atoms with Crippen molar-refractivity contribution >= 4 is 23.0 Å². The van der Waals surface area contributed by atoms with Gasteiger partial charge in [0.25, 0.3) is 0 Å². The van der Waals surface area contributed by atoms with Crippen LogP contribution in [-0.2, 0) is 6.54 Å². The second kappa shape index (κ2) is 5.71. The molecule has 0 aliphatic heterocycles. The zero-order valence-electron chi connectivity index (χ0n) is 10.8. The van der Waals surface area contributed by atoms with Gasteiger partial charge in [0.1, 0.15) is 11.6 Å². The maximum absolute atomic E-state index is 5.86. The van der Waals surface area contributed by atoms with Gasteiger partial charge >= 0.3 is 0 Å². The van der Waals surface area contributed by atoms with Crippen LogP contribution in [0.2, 0.25) is 0 Å². The highest BCUT2D eigenvalue weighted by molar-refractivity contribution is 7.07. The molecule has 0 spiro atoms. The highest BCUT2D eigenvalue weighted by Gasteiger charge is 2.05. The van der Waals surface area contributed by atoms with E-state index >= 15 is 0 Å². The van der Waals surface area contributed by atoms with Crippen molar-refractivity contribution in [1.82, 2.24) is 9.97 Å². The first-order chi connectivity index (χ1) is 9.81. The summed E-state index contributed by atoms with van der Waals surface area (Å²) in [4.78, 5) is 8.78. The average molecular weight is 282 g/mol. The Balaban J connectivity index is 1.83. The van der Waals surface area contributed by atoms with E-state index in [1.807, 2.05) is 30.3 Å². The fraction of sp³-hybridized carbons (Fsp3) is 0.0667. The zero-order valence-corrected chi connectivity index (χ0v) is 11.6. The van der Waals surface area contributed by atoms with E-state index in [4.69, 9.17) is 5.73 Å². The number of hydrogen-bond acceptors (Lipinski definition) is 5. The third kappa shape index (κ3) is 2.95. The molecule has 0 fully saturated rings. The molecule has 0 radical (unpaired) electrons. The molecule has 20 heavy (non-hydrogen) atoms. The lowest BCUT2D eigenvalue weighted by atomic mass is 10.2. The molecule has 3 N–H and O–H groups in total. The van der Waals surface area contributed by atoms with Crippen molar-refractivity contribution in [2.24, 2.45) is 0 Å². The maximum Gasteiger partial charge on any atom is 0.163 e. The fourth-order valence-corrected chi connectivity index (χ4v) is 2.53. The van der Waals surface area contributed by atoms with E-state index in [2.05, 4.69) is 32.1 Å². The van der Waals surface area contributed by atoms with E-state index in [1.54, 1.807) is 17.4 Å². The highest BCUT2D eigenvalue weighted by atomic mass is 32.1. The molecular formula is C15H14N4S. The number of nitrogens with zero attached hydrogens (tertiary/aromatic N) is 2. The third-order valence-electron chi connectivity index (χ3n) is 2.83. The average Bonchev–Trinajstić information content (AvgIpc) is 2.99. The molecule has 3 aromatic rings. The summed E-state index contributed by atoms with van der Waals surface area (Å²) in [7, 11) is 0. The molecule has 0 unspecified atom stereocenters. The van der Waals surface area contributed by atoms with Crippen molar-refractivity contribution in [3.05, 3.63) is 58.8 Å². The van der Waals surface area contributed by atoms with Gasteiger partial charge in [0.05, 0.1) is 0 Å². The Morgan fingerprint density at radius 3 is 2.70 bits per heavy atom. The van der Waals surface area contributed by atoms with Gasteiger partial charge in [-0.05, 0) is 22.4 Å². The fourth-order valence-electron chi connectivity index (χ4n) is 1.86. The Hall–Kier alpha value is -2.40. The van der Waals surface area contributed by atoms with Crippen LogP contribution >= 0.6 is 11.3 Å². The number of thiophene rings is 1. The predicted octanol–water partition coefficient (Wildman–Crippen LogP) is 3.40. The number of nitrogens with one attached hydrogen (secondary N) is 1. The van der Waals surface area contributed by atoms with Gasteiger partial charge in [-0.3, -0.25) is 0 Å². The van der Waals surface area contributed by atoms with Crippen LogP contribution in [0.1, 0.15) is 5.56 Å². The van der Waals surface area contributed by atoms with Crippen molar-refractivity contribution in [3.8, 4) is 11.4 Å². The maximum atomic E-state index is 5.86. The summed E-state index contributed by atoms with van der Waals surface area (Å²) in [6.45, 7) is 0.730. The van der Waals surface area contributed by atoms with E-state index in [0.29, 0.717) is 11.6 Å². The minimum Gasteiger partial charge on any atom is -0.384 e. The minimum atomic E-state index is 0.465. The van der Waals surface area contributed by atoms with Crippen LogP contribution in [0, 0.1) is 0 Å². The van der Waals surface area contributed by atoms with Crippen LogP contribution in [0.4, 0.5) is 11.6 Å². The van der Waals surface area contributed by atoms with Crippen LogP contribution in [0.25, 0.3) is 11.4 Å². The quantitative estimate of drug-likeness (QED) is 0.770. The van der Waals surface area contributed by atoms with Crippen LogP contribution in [0.3, 0.4) is 0 Å². The SMILES string of the molecule is Nc1cc(NCc2ccsc2)nc(-c2ccccc2)n1. The summed E-state index contributed by atoms with van der Waals surface area (Å²) < 4.78 is 0. The van der Waals surface area contributed by atoms with E-state index in [9.17, 15) is 0 Å². The lowest BCUT2D eigenvalue weighted by Crippen LogP contribution is -2.04. The number of benzene rings is 1. The molecule has 0 saturated carbocycles. The third-order valence-corrected chi connectivity index (χ3v) is 3.56. The minimum absolute atomic E-state index is 0.465. The van der Waals surface area contributed by atoms with Gasteiger partial charge < -0.3 is 11.1 Å². The normalized spacial score (nSPS) is 10.4. The Morgan fingerprint density at radius 2 is 1.95 bits per heavy atom. The summed E-state index contributed by atoms with van der Waals surface area (Å²) in [5, 5.41) is 7.44. The second-order valence-corrected chi connectivity index (χ2v) is 5.13. The molecule has 100 valence electrons. The van der Waals surface area contributed by atoms with Gasteiger partial charge in [0.2, 0.25) is 0 Å². The smallest absolute Gasteiger partial charge is 0.163 e. The molecule has 5 heteroatoms. The Kier molecular flexibility index (Phi) is 3.60. The highest BCUT2D eigenvalue weighted by Crippen LogP contribution is 2.19. The van der Waals surface area contributed by atoms with Gasteiger partial charge in [-0.25, -0.2) is 9.97 Å². The van der Waals surface area contributed by atoms with Crippen LogP contribution in [-0.4, -0.2) is 9.97 Å². The van der Waals surface area contributed by atoms with E-state index < -0.39 is 0 Å². The number of rotatable bonds is 4. The number of hydrogen-bond donors (Lipinski definition) is 2. The number of anilines is 2. The van der Waals surface area contributed by atoms with Crippen molar-refractivity contribution in [1.29, 1.82) is 0 Å². The van der Waals surface area contributed by atoms with Crippen molar-refractivity contribution in [2.45, 2.75) is 6.54 Å². The van der Waals surface area contributed by atoms with Crippen LogP contribution < -0.4 is 11.1 Å². The number of nitrogens with two attached hydrogens (primary N) is 1. The monoisotopic (exact) mass is 282 g/mol. The zero-order chi connectivity index (χ0) is 13.8. The molecule has 0 bridgehead atoms. The Morgan fingerprint density at radius 1 is 1.10 bits per heavy atom. The molecule has 1 aromatic carbocycles. The van der Waals surface area contributed by atoms with E-state index in [0.717, 1.165) is 17.9 Å². The molecule has 0 atom stereocenters. The number of nitrogen functional groups attached to an aromatic ring is 1. The summed E-state index contributed by atoms with van der Waals surface area (Å²) in [6.07, 6.45) is 0. The lowest BCUT2D eigenvalue weighted by molar-refractivity contribution is 1.10. The first-order valence-corrected chi connectivity index (χ1v) is 7.20. The summed E-state index contributed by atoms with van der Waals surface area (Å²) in [5.74, 6) is 1.84. The summed E-state index contributed by atoms with van der Waals surface area (Å²) in [6, 6.07) is 13.7. The number of aromatic nitrogens is 2. The Bertz CT molecular complexity index is 680. The first-order valence-electron chi connectivity index (χ1n) is 6.26. The van der Waals surface area contributed by atoms with Gasteiger partial charge in [0.15, 0.2) is 5.82 Å². The van der Waals surface area contributed by atoms with E-state index in [-0.39, 0.29) is 0 Å². The molecule has 2 aromatic heterocycles. The predicted molar refractivity (Wildman–Crippen MR) is 83.5 cm³/mol. The van der Waals surface area contributed by atoms with Crippen LogP contribution in [0.5, 0.6) is 0 Å². The van der Waals surface area contributed by atoms with Crippen molar-refractivity contribution in [2.75, 3.05) is 11.1 Å². The molecule has 0 saturated heterocycles. The molecule has 0 aliphatic carbocycles. The first kappa shape index (κ1) is 12.6. The van der Waals surface area contributed by atoms with Gasteiger partial charge in [0, 0.05) is 18.2 Å². The molecular weight excluding hydrogens is 268 g/mol. The topological polar surface area (TPSA) is 63.8 Å². The van der Waals surface area contributed by atoms with Crippen molar-refractivity contribution in [3.63, 3.8) is 0 Å². The summed E-state index contributed by atoms with van der Waals surface area (Å²) in [5.41, 5.74) is 8.04. The van der Waals surface area contributed by atoms with E-state index in [1.165, 1.54) is 5.56 Å². The molecule has 0 amide bonds. The second-order valence-electron chi connectivity index (χ2n) is 4.35. The molecule has 0 aliphatic rings. The van der Waals surface area contributed by atoms with Crippen molar-refractivity contribution < 1.29 is 0 Å². The molecule has 3 rings (SSSR count). The summed E-state index contributed by atoms with van der Waals surface area (Å²) >= 11 is 1.68. The Labute approximate surface area is 121 Å².